The van der Waals surface area contributed by atoms with Gasteiger partial charge in [0.25, 0.3) is 0 Å². The van der Waals surface area contributed by atoms with E-state index in [1.54, 1.807) is 6.08 Å². The van der Waals surface area contributed by atoms with E-state index in [0.717, 1.165) is 5.57 Å². The highest BCUT2D eigenvalue weighted by atomic mass is 16.5. The Morgan fingerprint density at radius 2 is 2.62 bits per heavy atom. The third kappa shape index (κ3) is 1.26. The highest BCUT2D eigenvalue weighted by Crippen LogP contribution is 1.99. The first-order valence-corrected chi connectivity index (χ1v) is 2.47. The second kappa shape index (κ2) is 2.36. The van der Waals surface area contributed by atoms with E-state index in [0.29, 0.717) is 0 Å². The lowest BCUT2D eigenvalue weighted by atomic mass is 10.3. The summed E-state index contributed by atoms with van der Waals surface area (Å²) in [6.45, 7) is 1.95. The van der Waals surface area contributed by atoms with Crippen LogP contribution in [0.5, 0.6) is 0 Å². The van der Waals surface area contributed by atoms with Crippen LogP contribution in [0.4, 0.5) is 0 Å². The van der Waals surface area contributed by atoms with Crippen LogP contribution >= 0.6 is 0 Å². The van der Waals surface area contributed by atoms with E-state index in [1.165, 1.54) is 6.26 Å². The van der Waals surface area contributed by atoms with Gasteiger partial charge in [0, 0.05) is 0 Å². The molecule has 1 aliphatic heterocycles. The lowest BCUT2D eigenvalue weighted by molar-refractivity contribution is 0.403. The Balaban J connectivity index is 2.80. The Morgan fingerprint density at radius 3 is 3.50 bits per heavy atom. The van der Waals surface area contributed by atoms with Crippen LogP contribution in [0.3, 0.4) is 0 Å². The zero-order valence-corrected chi connectivity index (χ0v) is 4.72. The molecule has 0 spiro atoms. The van der Waals surface area contributed by atoms with E-state index in [4.69, 9.17) is 6.11 Å². The molecule has 0 saturated carbocycles. The van der Waals surface area contributed by atoms with Crippen molar-refractivity contribution in [3.8, 4) is 0 Å². The molecule has 1 heteroatoms. The summed E-state index contributed by atoms with van der Waals surface area (Å²) in [6.07, 6.45) is 6.97. The molecule has 1 aliphatic rings. The number of hydrogen-bond donors (Lipinski definition) is 0. The summed E-state index contributed by atoms with van der Waals surface area (Å²) in [5, 5.41) is 0. The molecule has 0 unspecified atom stereocenters. The molecule has 0 bridgehead atoms. The summed E-state index contributed by atoms with van der Waals surface area (Å²) in [4.78, 5) is 0. The van der Waals surface area contributed by atoms with Crippen LogP contribution in [0.25, 0.3) is 0 Å². The van der Waals surface area contributed by atoms with Gasteiger partial charge >= 0.3 is 0 Å². The van der Waals surface area contributed by atoms with Gasteiger partial charge in [0.1, 0.15) is 1.37 Å². The van der Waals surface area contributed by atoms with Crippen LogP contribution in [0.1, 0.15) is 8.29 Å². The topological polar surface area (TPSA) is 9.23 Å². The van der Waals surface area contributed by atoms with Gasteiger partial charge in [0.05, 0.1) is 12.5 Å². The molecule has 0 aromatic heterocycles. The van der Waals surface area contributed by atoms with Gasteiger partial charge in [0.15, 0.2) is 0 Å². The Kier molecular flexibility index (Phi) is 1.17. The fourth-order valence-electron chi connectivity index (χ4n) is 0.441. The average molecular weight is 109 g/mol. The zero-order chi connectivity index (χ0) is 6.69. The number of rotatable bonds is 0. The molecular weight excluding hydrogens is 100 g/mol. The van der Waals surface area contributed by atoms with Crippen molar-refractivity contribution in [2.75, 3.05) is 0 Å². The van der Waals surface area contributed by atoms with E-state index in [2.05, 4.69) is 0 Å². The summed E-state index contributed by atoms with van der Waals surface area (Å²) in [7, 11) is 0. The quantitative estimate of drug-likeness (QED) is 0.462. The van der Waals surface area contributed by atoms with E-state index in [1.807, 2.05) is 19.1 Å². The Morgan fingerprint density at radius 1 is 1.75 bits per heavy atom. The fraction of sp³-hybridized carbons (Fsp3) is 0.143. The normalized spacial score (nSPS) is 19.9. The fourth-order valence-corrected chi connectivity index (χ4v) is 0.441. The van der Waals surface area contributed by atoms with Gasteiger partial charge in [-0.15, -0.1) is 0 Å². The SMILES string of the molecule is [2H]C1=CC=C(C)C=CO1. The maximum Gasteiger partial charge on any atom is 0.104 e. The minimum Gasteiger partial charge on any atom is -0.473 e. The first kappa shape index (κ1) is 3.96. The van der Waals surface area contributed by atoms with Gasteiger partial charge in [-0.1, -0.05) is 6.08 Å². The summed E-state index contributed by atoms with van der Waals surface area (Å²) >= 11 is 0. The van der Waals surface area contributed by atoms with E-state index >= 15 is 0 Å². The minimum atomic E-state index is 0.183. The van der Waals surface area contributed by atoms with Crippen LogP contribution in [0.2, 0.25) is 0 Å². The highest BCUT2D eigenvalue weighted by molar-refractivity contribution is 5.21. The molecule has 0 aromatic carbocycles. The molecule has 0 radical (unpaired) electrons. The molecule has 0 saturated heterocycles. The molecule has 0 amide bonds. The lowest BCUT2D eigenvalue weighted by Crippen LogP contribution is -1.61. The first-order chi connectivity index (χ1) is 4.29. The van der Waals surface area contributed by atoms with Crippen molar-refractivity contribution in [2.45, 2.75) is 6.92 Å². The van der Waals surface area contributed by atoms with Crippen molar-refractivity contribution >= 4 is 0 Å². The minimum absolute atomic E-state index is 0.183. The lowest BCUT2D eigenvalue weighted by Gasteiger charge is -1.82. The molecule has 0 aliphatic carbocycles. The van der Waals surface area contributed by atoms with Gasteiger partial charge < -0.3 is 4.74 Å². The third-order valence-electron chi connectivity index (χ3n) is 0.881. The second-order valence-corrected chi connectivity index (χ2v) is 1.62. The number of allylic oxidation sites excluding steroid dienone is 4. The maximum absolute atomic E-state index is 7.04. The Hall–Kier alpha value is -0.980. The van der Waals surface area contributed by atoms with Crippen molar-refractivity contribution in [3.63, 3.8) is 0 Å². The molecule has 0 fully saturated rings. The van der Waals surface area contributed by atoms with Gasteiger partial charge in [-0.25, -0.2) is 0 Å². The van der Waals surface area contributed by atoms with Crippen LogP contribution in [-0.4, -0.2) is 0 Å². The summed E-state index contributed by atoms with van der Waals surface area (Å²) in [5.41, 5.74) is 1.09. The number of hydrogen-bond acceptors (Lipinski definition) is 1. The first-order valence-electron chi connectivity index (χ1n) is 2.97. The van der Waals surface area contributed by atoms with Gasteiger partial charge in [-0.2, -0.15) is 0 Å². The van der Waals surface area contributed by atoms with Gasteiger partial charge in [0.2, 0.25) is 0 Å². The van der Waals surface area contributed by atoms with E-state index in [-0.39, 0.29) is 6.24 Å². The average Bonchev–Trinajstić information content (AvgIpc) is 1.97. The molecule has 42 valence electrons. The molecule has 1 nitrogen and oxygen atoms in total. The largest absolute Gasteiger partial charge is 0.473 e. The van der Waals surface area contributed by atoms with E-state index in [9.17, 15) is 0 Å². The molecule has 8 heavy (non-hydrogen) atoms. The summed E-state index contributed by atoms with van der Waals surface area (Å²) in [5.74, 6) is 0. The molecule has 1 rings (SSSR count). The molecular formula is C7H8O. The third-order valence-corrected chi connectivity index (χ3v) is 0.881. The van der Waals surface area contributed by atoms with Crippen molar-refractivity contribution in [1.29, 1.82) is 0 Å². The molecule has 0 aromatic rings. The predicted octanol–water partition coefficient (Wildman–Crippen LogP) is 1.99. The summed E-state index contributed by atoms with van der Waals surface area (Å²) < 4.78 is 11.8. The predicted molar refractivity (Wildman–Crippen MR) is 33.1 cm³/mol. The van der Waals surface area contributed by atoms with Crippen molar-refractivity contribution in [2.24, 2.45) is 0 Å². The highest BCUT2D eigenvalue weighted by Gasteiger charge is 1.80. The van der Waals surface area contributed by atoms with Crippen molar-refractivity contribution in [1.82, 2.24) is 0 Å². The smallest absolute Gasteiger partial charge is 0.104 e. The second-order valence-electron chi connectivity index (χ2n) is 1.62. The monoisotopic (exact) mass is 109 g/mol. The van der Waals surface area contributed by atoms with E-state index < -0.39 is 0 Å². The van der Waals surface area contributed by atoms with Crippen molar-refractivity contribution in [3.05, 3.63) is 36.3 Å². The molecule has 1 heterocycles. The van der Waals surface area contributed by atoms with Crippen LogP contribution in [0.15, 0.2) is 36.3 Å². The van der Waals surface area contributed by atoms with Crippen molar-refractivity contribution < 1.29 is 6.11 Å². The molecule has 0 atom stereocenters. The standard InChI is InChI=1S/C7H8O/c1-7-3-2-5-8-6-4-7/h2-6H,1H3/i5D. The molecule has 0 N–H and O–H groups in total. The maximum atomic E-state index is 7.04. The Bertz CT molecular complexity index is 189. The van der Waals surface area contributed by atoms with Crippen LogP contribution in [-0.2, 0) is 4.74 Å². The van der Waals surface area contributed by atoms with Crippen LogP contribution < -0.4 is 0 Å². The summed E-state index contributed by atoms with van der Waals surface area (Å²) in [6, 6.07) is 0. The Labute approximate surface area is 50.4 Å². The number of ether oxygens (including phenoxy) is 1. The zero-order valence-electron chi connectivity index (χ0n) is 5.72. The van der Waals surface area contributed by atoms with Gasteiger partial charge in [-0.05, 0) is 24.6 Å². The van der Waals surface area contributed by atoms with Crippen LogP contribution in [0, 0.1) is 0 Å². The van der Waals surface area contributed by atoms with Gasteiger partial charge in [-0.3, -0.25) is 0 Å².